The van der Waals surface area contributed by atoms with Gasteiger partial charge in [-0.3, -0.25) is 29.8 Å². The van der Waals surface area contributed by atoms with Crippen molar-refractivity contribution in [2.24, 2.45) is 4.99 Å². The maximum absolute atomic E-state index is 13.1. The monoisotopic (exact) mass is 472 g/mol. The van der Waals surface area contributed by atoms with Gasteiger partial charge >= 0.3 is 5.97 Å². The van der Waals surface area contributed by atoms with Crippen molar-refractivity contribution in [2.45, 2.75) is 13.3 Å². The van der Waals surface area contributed by atoms with Crippen molar-refractivity contribution in [3.8, 4) is 5.69 Å². The van der Waals surface area contributed by atoms with E-state index < -0.39 is 16.5 Å². The van der Waals surface area contributed by atoms with Crippen LogP contribution in [0.4, 0.5) is 11.4 Å². The summed E-state index contributed by atoms with van der Waals surface area (Å²) < 4.78 is 6.84. The number of H-pyrrole nitrogens is 1. The molecule has 9 nitrogen and oxygen atoms in total. The second-order valence-corrected chi connectivity index (χ2v) is 7.22. The van der Waals surface area contributed by atoms with Gasteiger partial charge in [0.05, 0.1) is 46.8 Å². The number of nitro groups is 1. The maximum atomic E-state index is 13.1. The summed E-state index contributed by atoms with van der Waals surface area (Å²) in [6, 6.07) is 12.7. The molecule has 0 aliphatic heterocycles. The van der Waals surface area contributed by atoms with Crippen LogP contribution in [0, 0.1) is 10.1 Å². The smallest absolute Gasteiger partial charge is 0.311 e. The second-order valence-electron chi connectivity index (χ2n) is 6.31. The molecule has 0 amide bonds. The van der Waals surface area contributed by atoms with E-state index in [1.807, 2.05) is 12.1 Å². The van der Waals surface area contributed by atoms with Gasteiger partial charge in [0.15, 0.2) is 0 Å². The molecular formula is C20H17BrN4O5. The summed E-state index contributed by atoms with van der Waals surface area (Å²) >= 11 is 3.36. The van der Waals surface area contributed by atoms with E-state index in [1.165, 1.54) is 36.1 Å². The van der Waals surface area contributed by atoms with Gasteiger partial charge in [-0.25, -0.2) is 4.68 Å². The van der Waals surface area contributed by atoms with E-state index in [9.17, 15) is 19.7 Å². The summed E-state index contributed by atoms with van der Waals surface area (Å²) in [6.07, 6.45) is -0.158. The van der Waals surface area contributed by atoms with E-state index >= 15 is 0 Å². The highest BCUT2D eigenvalue weighted by Crippen LogP contribution is 2.19. The van der Waals surface area contributed by atoms with Crippen LogP contribution < -0.4 is 5.56 Å². The predicted molar refractivity (Wildman–Crippen MR) is 115 cm³/mol. The topological polar surface area (TPSA) is 120 Å². The molecule has 154 valence electrons. The molecule has 0 aliphatic rings. The summed E-state index contributed by atoms with van der Waals surface area (Å²) in [4.78, 5) is 39.8. The third kappa shape index (κ3) is 4.54. The van der Waals surface area contributed by atoms with Gasteiger partial charge in [0.2, 0.25) is 0 Å². The lowest BCUT2D eigenvalue weighted by Gasteiger charge is -2.02. The number of esters is 1. The fraction of sp³-hybridized carbons (Fsp3) is 0.150. The average Bonchev–Trinajstić information content (AvgIpc) is 3.05. The number of nitrogens with one attached hydrogen (secondary N) is 1. The Labute approximate surface area is 179 Å². The van der Waals surface area contributed by atoms with Gasteiger partial charge in [0.1, 0.15) is 0 Å². The zero-order valence-electron chi connectivity index (χ0n) is 16.1. The summed E-state index contributed by atoms with van der Waals surface area (Å²) in [5.41, 5.74) is 1.49. The number of carbonyl (C=O) groups is 1. The van der Waals surface area contributed by atoms with Gasteiger partial charge in [0.25, 0.3) is 11.2 Å². The molecule has 0 fully saturated rings. The highest BCUT2D eigenvalue weighted by Gasteiger charge is 2.21. The van der Waals surface area contributed by atoms with Crippen LogP contribution in [0.3, 0.4) is 0 Å². The number of aliphatic imine (C=N–C) groups is 1. The van der Waals surface area contributed by atoms with Crippen LogP contribution in [-0.2, 0) is 16.0 Å². The summed E-state index contributed by atoms with van der Waals surface area (Å²) in [5.74, 6) is -0.523. The van der Waals surface area contributed by atoms with Crippen LogP contribution >= 0.6 is 15.9 Å². The lowest BCUT2D eigenvalue weighted by atomic mass is 10.1. The molecule has 30 heavy (non-hydrogen) atoms. The first-order valence-corrected chi connectivity index (χ1v) is 9.56. The number of halogens is 1. The number of rotatable bonds is 6. The number of benzene rings is 2. The van der Waals surface area contributed by atoms with Crippen molar-refractivity contribution in [2.75, 3.05) is 7.11 Å². The third-order valence-electron chi connectivity index (χ3n) is 4.32. The fourth-order valence-corrected chi connectivity index (χ4v) is 3.13. The molecule has 3 aromatic rings. The Morgan fingerprint density at radius 1 is 1.20 bits per heavy atom. The minimum atomic E-state index is -0.523. The van der Waals surface area contributed by atoms with Gasteiger partial charge in [0, 0.05) is 16.6 Å². The van der Waals surface area contributed by atoms with E-state index in [2.05, 4.69) is 26.0 Å². The summed E-state index contributed by atoms with van der Waals surface area (Å²) in [6.45, 7) is 1.67. The fourth-order valence-electron chi connectivity index (χ4n) is 2.87. The largest absolute Gasteiger partial charge is 0.469 e. The van der Waals surface area contributed by atoms with E-state index in [1.54, 1.807) is 19.1 Å². The average molecular weight is 473 g/mol. The Balaban J connectivity index is 2.10. The molecule has 1 aromatic heterocycles. The number of nitro benzene ring substituents is 1. The maximum Gasteiger partial charge on any atom is 0.311 e. The molecule has 0 saturated heterocycles. The van der Waals surface area contributed by atoms with Crippen LogP contribution in [-0.4, -0.2) is 33.5 Å². The standard InChI is InChI=1S/C20H17BrN4O5/c1-12(22-14-5-3-13(21)4-6-14)19-17(11-18(26)30-2)23-24(20(19)27)15-7-9-16(10-8-15)25(28)29/h3-10,23H,11H2,1-2H3. The van der Waals surface area contributed by atoms with Crippen molar-refractivity contribution in [3.05, 3.63) is 84.7 Å². The van der Waals surface area contributed by atoms with Crippen molar-refractivity contribution >= 4 is 39.0 Å². The van der Waals surface area contributed by atoms with Gasteiger partial charge in [-0.1, -0.05) is 15.9 Å². The second kappa shape index (κ2) is 8.87. The Bertz CT molecular complexity index is 1180. The first-order chi connectivity index (χ1) is 14.3. The Morgan fingerprint density at radius 3 is 2.40 bits per heavy atom. The molecule has 1 N–H and O–H groups in total. The Morgan fingerprint density at radius 2 is 1.83 bits per heavy atom. The summed E-state index contributed by atoms with van der Waals surface area (Å²) in [7, 11) is 1.26. The lowest BCUT2D eigenvalue weighted by molar-refractivity contribution is -0.384. The number of aromatic amines is 1. The molecule has 2 aromatic carbocycles. The molecule has 0 unspecified atom stereocenters. The quantitative estimate of drug-likeness (QED) is 0.254. The number of ether oxygens (including phenoxy) is 1. The number of hydrogen-bond donors (Lipinski definition) is 1. The van der Waals surface area contributed by atoms with Crippen LogP contribution in [0.5, 0.6) is 0 Å². The van der Waals surface area contributed by atoms with Crippen molar-refractivity contribution in [3.63, 3.8) is 0 Å². The van der Waals surface area contributed by atoms with Gasteiger partial charge in [-0.2, -0.15) is 0 Å². The summed E-state index contributed by atoms with van der Waals surface area (Å²) in [5, 5.41) is 13.8. The van der Waals surface area contributed by atoms with Crippen molar-refractivity contribution in [1.29, 1.82) is 0 Å². The van der Waals surface area contributed by atoms with Gasteiger partial charge in [-0.15, -0.1) is 0 Å². The molecule has 0 bridgehead atoms. The van der Waals surface area contributed by atoms with Crippen LogP contribution in [0.15, 0.2) is 62.8 Å². The molecule has 0 atom stereocenters. The van der Waals surface area contributed by atoms with Crippen LogP contribution in [0.1, 0.15) is 18.2 Å². The van der Waals surface area contributed by atoms with Crippen molar-refractivity contribution < 1.29 is 14.5 Å². The number of methoxy groups -OCH3 is 1. The minimum absolute atomic E-state index is 0.0960. The molecule has 0 saturated carbocycles. The molecule has 3 rings (SSSR count). The lowest BCUT2D eigenvalue weighted by Crippen LogP contribution is -2.20. The molecule has 0 aliphatic carbocycles. The Kier molecular flexibility index (Phi) is 6.26. The van der Waals surface area contributed by atoms with E-state index in [0.717, 1.165) is 4.47 Å². The van der Waals surface area contributed by atoms with Crippen LogP contribution in [0.2, 0.25) is 0 Å². The number of nitrogens with zero attached hydrogens (tertiary/aromatic N) is 3. The predicted octanol–water partition coefficient (Wildman–Crippen LogP) is 3.69. The van der Waals surface area contributed by atoms with Gasteiger partial charge in [-0.05, 0) is 43.3 Å². The van der Waals surface area contributed by atoms with E-state index in [0.29, 0.717) is 22.8 Å². The molecule has 10 heteroatoms. The SMILES string of the molecule is COC(=O)Cc1[nH]n(-c2ccc([N+](=O)[O-])cc2)c(=O)c1C(C)=Nc1ccc(Br)cc1. The number of hydrogen-bond acceptors (Lipinski definition) is 6. The molecular weight excluding hydrogens is 456 g/mol. The number of non-ortho nitro benzene ring substituents is 1. The van der Waals surface area contributed by atoms with Gasteiger partial charge < -0.3 is 4.74 Å². The molecule has 0 radical (unpaired) electrons. The highest BCUT2D eigenvalue weighted by atomic mass is 79.9. The third-order valence-corrected chi connectivity index (χ3v) is 4.85. The number of carbonyl (C=O) groups excluding carboxylic acids is 1. The first-order valence-electron chi connectivity index (χ1n) is 8.77. The zero-order chi connectivity index (χ0) is 21.8. The molecule has 1 heterocycles. The van der Waals surface area contributed by atoms with E-state index in [-0.39, 0.29) is 17.7 Å². The van der Waals surface area contributed by atoms with E-state index in [4.69, 9.17) is 4.74 Å². The number of aromatic nitrogens is 2. The highest BCUT2D eigenvalue weighted by molar-refractivity contribution is 9.10. The normalized spacial score (nSPS) is 11.4. The van der Waals surface area contributed by atoms with Crippen LogP contribution in [0.25, 0.3) is 5.69 Å². The minimum Gasteiger partial charge on any atom is -0.469 e. The molecule has 0 spiro atoms. The van der Waals surface area contributed by atoms with Crippen molar-refractivity contribution in [1.82, 2.24) is 9.78 Å². The first kappa shape index (κ1) is 21.2. The Hall–Kier alpha value is -3.53. The zero-order valence-corrected chi connectivity index (χ0v) is 17.7.